The summed E-state index contributed by atoms with van der Waals surface area (Å²) < 4.78 is 0. The lowest BCUT2D eigenvalue weighted by Gasteiger charge is -2.27. The average molecular weight is 345 g/mol. The first kappa shape index (κ1) is 16.3. The van der Waals surface area contributed by atoms with Gasteiger partial charge >= 0.3 is 0 Å². The molecule has 2 aliphatic rings. The molecule has 2 fully saturated rings. The Morgan fingerprint density at radius 3 is 2.30 bits per heavy atom. The first-order valence-electron chi connectivity index (χ1n) is 8.38. The van der Waals surface area contributed by atoms with Crippen molar-refractivity contribution in [2.24, 2.45) is 5.92 Å². The van der Waals surface area contributed by atoms with Crippen LogP contribution in [0.3, 0.4) is 0 Å². The fraction of sp³-hybridized carbons (Fsp3) is 0.938. The van der Waals surface area contributed by atoms with Gasteiger partial charge in [-0.3, -0.25) is 4.79 Å². The van der Waals surface area contributed by atoms with E-state index in [2.05, 4.69) is 25.7 Å². The maximum Gasteiger partial charge on any atom is 0.225 e. The van der Waals surface area contributed by atoms with Crippen LogP contribution in [0.15, 0.2) is 0 Å². The Balaban J connectivity index is 1.84. The second-order valence-electron chi connectivity index (χ2n) is 6.25. The summed E-state index contributed by atoms with van der Waals surface area (Å²) in [6.45, 7) is 5.19. The summed E-state index contributed by atoms with van der Waals surface area (Å²) in [6.07, 6.45) is 9.89. The standard InChI is InChI=1S/C16H29BrN2O/c17-9-12-18-10-6-11-19(14-13-18)16(20)15-7-4-2-1-3-5-8-15/h15H,1-14H2. The Bertz CT molecular complexity index is 290. The summed E-state index contributed by atoms with van der Waals surface area (Å²) in [5.41, 5.74) is 0. The molecular formula is C16H29BrN2O. The molecule has 1 heterocycles. The van der Waals surface area contributed by atoms with Gasteiger partial charge in [-0.25, -0.2) is 0 Å². The Morgan fingerprint density at radius 1 is 0.900 bits per heavy atom. The Hall–Kier alpha value is -0.0900. The molecule has 0 radical (unpaired) electrons. The van der Waals surface area contributed by atoms with Gasteiger partial charge in [0.1, 0.15) is 0 Å². The van der Waals surface area contributed by atoms with Gasteiger partial charge < -0.3 is 9.80 Å². The van der Waals surface area contributed by atoms with Crippen LogP contribution in [-0.4, -0.2) is 53.8 Å². The normalized spacial score (nSPS) is 23.9. The molecule has 0 aromatic rings. The van der Waals surface area contributed by atoms with E-state index in [1.165, 1.54) is 32.1 Å². The molecule has 116 valence electrons. The molecule has 4 heteroatoms. The van der Waals surface area contributed by atoms with Crippen LogP contribution in [0.1, 0.15) is 51.4 Å². The largest absolute Gasteiger partial charge is 0.341 e. The van der Waals surface area contributed by atoms with Crippen molar-refractivity contribution < 1.29 is 4.79 Å². The highest BCUT2D eigenvalue weighted by Crippen LogP contribution is 2.24. The van der Waals surface area contributed by atoms with E-state index in [0.29, 0.717) is 11.8 Å². The van der Waals surface area contributed by atoms with Crippen molar-refractivity contribution in [2.75, 3.05) is 38.1 Å². The maximum atomic E-state index is 12.7. The molecule has 0 bridgehead atoms. The molecule has 1 saturated carbocycles. The van der Waals surface area contributed by atoms with Gasteiger partial charge in [-0.1, -0.05) is 48.0 Å². The van der Waals surface area contributed by atoms with Crippen molar-refractivity contribution >= 4 is 21.8 Å². The minimum Gasteiger partial charge on any atom is -0.341 e. The summed E-state index contributed by atoms with van der Waals surface area (Å²) in [5, 5.41) is 1.03. The quantitative estimate of drug-likeness (QED) is 0.733. The molecule has 1 saturated heterocycles. The van der Waals surface area contributed by atoms with Crippen LogP contribution in [0.5, 0.6) is 0 Å². The monoisotopic (exact) mass is 344 g/mol. The van der Waals surface area contributed by atoms with E-state index in [9.17, 15) is 4.79 Å². The van der Waals surface area contributed by atoms with E-state index < -0.39 is 0 Å². The lowest BCUT2D eigenvalue weighted by Crippen LogP contribution is -2.39. The van der Waals surface area contributed by atoms with E-state index >= 15 is 0 Å². The maximum absolute atomic E-state index is 12.7. The molecule has 20 heavy (non-hydrogen) atoms. The lowest BCUT2D eigenvalue weighted by atomic mass is 9.90. The predicted molar refractivity (Wildman–Crippen MR) is 87.2 cm³/mol. The van der Waals surface area contributed by atoms with Crippen molar-refractivity contribution in [2.45, 2.75) is 51.4 Å². The molecule has 1 aliphatic carbocycles. The van der Waals surface area contributed by atoms with Crippen LogP contribution in [0, 0.1) is 5.92 Å². The molecular weight excluding hydrogens is 316 g/mol. The van der Waals surface area contributed by atoms with Gasteiger partial charge in [0.15, 0.2) is 0 Å². The predicted octanol–water partition coefficient (Wildman–Crippen LogP) is 3.28. The van der Waals surface area contributed by atoms with Crippen molar-refractivity contribution in [3.05, 3.63) is 0 Å². The Morgan fingerprint density at radius 2 is 1.60 bits per heavy atom. The minimum absolute atomic E-state index is 0.318. The third-order valence-corrected chi connectivity index (χ3v) is 5.11. The molecule has 0 spiro atoms. The lowest BCUT2D eigenvalue weighted by molar-refractivity contribution is -0.136. The molecule has 1 amide bonds. The van der Waals surface area contributed by atoms with Crippen molar-refractivity contribution in [1.29, 1.82) is 0 Å². The van der Waals surface area contributed by atoms with E-state index in [-0.39, 0.29) is 0 Å². The molecule has 2 rings (SSSR count). The van der Waals surface area contributed by atoms with Gasteiger partial charge in [0, 0.05) is 37.4 Å². The van der Waals surface area contributed by atoms with E-state index in [1.54, 1.807) is 0 Å². The summed E-state index contributed by atoms with van der Waals surface area (Å²) in [5.74, 6) is 0.769. The number of hydrogen-bond acceptors (Lipinski definition) is 2. The number of carbonyl (C=O) groups is 1. The summed E-state index contributed by atoms with van der Waals surface area (Å²) in [4.78, 5) is 17.4. The molecule has 0 N–H and O–H groups in total. The summed E-state index contributed by atoms with van der Waals surface area (Å²) >= 11 is 3.51. The van der Waals surface area contributed by atoms with Gasteiger partial charge in [-0.15, -0.1) is 0 Å². The second-order valence-corrected chi connectivity index (χ2v) is 7.04. The number of halogens is 1. The third kappa shape index (κ3) is 5.03. The Kier molecular flexibility index (Phi) is 7.36. The fourth-order valence-corrected chi connectivity index (χ4v) is 4.00. The van der Waals surface area contributed by atoms with Gasteiger partial charge in [0.2, 0.25) is 5.91 Å². The molecule has 3 nitrogen and oxygen atoms in total. The van der Waals surface area contributed by atoms with E-state index in [4.69, 9.17) is 0 Å². The highest BCUT2D eigenvalue weighted by molar-refractivity contribution is 9.09. The van der Waals surface area contributed by atoms with Crippen LogP contribution in [0.2, 0.25) is 0 Å². The van der Waals surface area contributed by atoms with Gasteiger partial charge in [0.25, 0.3) is 0 Å². The zero-order valence-corrected chi connectivity index (χ0v) is 14.2. The number of carbonyl (C=O) groups excluding carboxylic acids is 1. The van der Waals surface area contributed by atoms with Crippen LogP contribution in [0.4, 0.5) is 0 Å². The first-order chi connectivity index (χ1) is 9.81. The zero-order valence-electron chi connectivity index (χ0n) is 12.7. The van der Waals surface area contributed by atoms with Gasteiger partial charge in [-0.05, 0) is 25.8 Å². The smallest absolute Gasteiger partial charge is 0.225 e. The second kappa shape index (κ2) is 9.04. The number of nitrogens with zero attached hydrogens (tertiary/aromatic N) is 2. The van der Waals surface area contributed by atoms with Crippen LogP contribution >= 0.6 is 15.9 Å². The minimum atomic E-state index is 0.318. The van der Waals surface area contributed by atoms with Crippen LogP contribution in [0.25, 0.3) is 0 Å². The number of amides is 1. The average Bonchev–Trinajstić information content (AvgIpc) is 2.64. The van der Waals surface area contributed by atoms with Crippen LogP contribution < -0.4 is 0 Å². The summed E-state index contributed by atoms with van der Waals surface area (Å²) in [6, 6.07) is 0. The molecule has 0 unspecified atom stereocenters. The Labute approximate surface area is 132 Å². The molecule has 1 aliphatic heterocycles. The fourth-order valence-electron chi connectivity index (χ4n) is 3.50. The summed E-state index contributed by atoms with van der Waals surface area (Å²) in [7, 11) is 0. The van der Waals surface area contributed by atoms with Gasteiger partial charge in [0.05, 0.1) is 0 Å². The highest BCUT2D eigenvalue weighted by Gasteiger charge is 2.26. The topological polar surface area (TPSA) is 23.6 Å². The highest BCUT2D eigenvalue weighted by atomic mass is 79.9. The zero-order chi connectivity index (χ0) is 14.2. The van der Waals surface area contributed by atoms with Gasteiger partial charge in [-0.2, -0.15) is 0 Å². The van der Waals surface area contributed by atoms with E-state index in [1.807, 2.05) is 0 Å². The third-order valence-electron chi connectivity index (χ3n) is 4.76. The van der Waals surface area contributed by atoms with E-state index in [0.717, 1.165) is 57.3 Å². The number of hydrogen-bond donors (Lipinski definition) is 0. The molecule has 0 aromatic carbocycles. The van der Waals surface area contributed by atoms with Crippen molar-refractivity contribution in [3.8, 4) is 0 Å². The SMILES string of the molecule is O=C(C1CCCCCCC1)N1CCCN(CCBr)CC1. The van der Waals surface area contributed by atoms with Crippen molar-refractivity contribution in [1.82, 2.24) is 9.80 Å². The molecule has 0 atom stereocenters. The first-order valence-corrected chi connectivity index (χ1v) is 9.50. The van der Waals surface area contributed by atoms with Crippen molar-refractivity contribution in [3.63, 3.8) is 0 Å². The molecule has 0 aromatic heterocycles. The number of rotatable bonds is 3. The number of alkyl halides is 1. The van der Waals surface area contributed by atoms with Crippen LogP contribution in [-0.2, 0) is 4.79 Å².